The van der Waals surface area contributed by atoms with Gasteiger partial charge in [-0.25, -0.2) is 4.79 Å². The average Bonchev–Trinajstić information content (AvgIpc) is 2.62. The zero-order chi connectivity index (χ0) is 17.6. The SMILES string of the molecule is Cc1ccc(OCC(=O)Nc2ccc(N3CCCNC3=O)cc2)cc1. The van der Waals surface area contributed by atoms with Crippen LogP contribution in [-0.2, 0) is 4.79 Å². The molecule has 1 saturated heterocycles. The molecule has 1 heterocycles. The minimum Gasteiger partial charge on any atom is -0.484 e. The summed E-state index contributed by atoms with van der Waals surface area (Å²) in [7, 11) is 0. The molecule has 0 saturated carbocycles. The Hall–Kier alpha value is -3.02. The molecule has 3 amide bonds. The molecular weight excluding hydrogens is 318 g/mol. The van der Waals surface area contributed by atoms with Crippen molar-refractivity contribution < 1.29 is 14.3 Å². The van der Waals surface area contributed by atoms with Crippen LogP contribution in [0.15, 0.2) is 48.5 Å². The highest BCUT2D eigenvalue weighted by atomic mass is 16.5. The van der Waals surface area contributed by atoms with Crippen LogP contribution in [0.3, 0.4) is 0 Å². The predicted octanol–water partition coefficient (Wildman–Crippen LogP) is 2.93. The first-order valence-electron chi connectivity index (χ1n) is 8.26. The van der Waals surface area contributed by atoms with E-state index >= 15 is 0 Å². The lowest BCUT2D eigenvalue weighted by Crippen LogP contribution is -2.46. The van der Waals surface area contributed by atoms with Crippen molar-refractivity contribution in [1.29, 1.82) is 0 Å². The summed E-state index contributed by atoms with van der Waals surface area (Å²) in [5, 5.41) is 5.60. The summed E-state index contributed by atoms with van der Waals surface area (Å²) in [5.41, 5.74) is 2.61. The van der Waals surface area contributed by atoms with Gasteiger partial charge < -0.3 is 15.4 Å². The number of benzene rings is 2. The first-order valence-corrected chi connectivity index (χ1v) is 8.26. The second kappa shape index (κ2) is 7.70. The van der Waals surface area contributed by atoms with Gasteiger partial charge >= 0.3 is 6.03 Å². The van der Waals surface area contributed by atoms with Crippen LogP contribution in [0.1, 0.15) is 12.0 Å². The smallest absolute Gasteiger partial charge is 0.321 e. The maximum Gasteiger partial charge on any atom is 0.321 e. The Morgan fingerprint density at radius 2 is 1.88 bits per heavy atom. The van der Waals surface area contributed by atoms with Gasteiger partial charge in [0.05, 0.1) is 0 Å². The molecule has 130 valence electrons. The topological polar surface area (TPSA) is 70.7 Å². The van der Waals surface area contributed by atoms with Crippen molar-refractivity contribution in [3.63, 3.8) is 0 Å². The fourth-order valence-corrected chi connectivity index (χ4v) is 2.58. The highest BCUT2D eigenvalue weighted by molar-refractivity contribution is 5.94. The molecular formula is C19H21N3O3. The van der Waals surface area contributed by atoms with Crippen LogP contribution < -0.4 is 20.3 Å². The van der Waals surface area contributed by atoms with Crippen molar-refractivity contribution in [1.82, 2.24) is 5.32 Å². The molecule has 2 aromatic rings. The van der Waals surface area contributed by atoms with E-state index in [0.717, 1.165) is 17.7 Å². The number of aryl methyl sites for hydroxylation is 1. The summed E-state index contributed by atoms with van der Waals surface area (Å²) in [6.07, 6.45) is 0.917. The highest BCUT2D eigenvalue weighted by Gasteiger charge is 2.18. The zero-order valence-electron chi connectivity index (χ0n) is 14.1. The molecule has 6 nitrogen and oxygen atoms in total. The molecule has 0 spiro atoms. The Kier molecular flexibility index (Phi) is 5.18. The van der Waals surface area contributed by atoms with E-state index in [0.29, 0.717) is 24.5 Å². The second-order valence-corrected chi connectivity index (χ2v) is 5.93. The summed E-state index contributed by atoms with van der Waals surface area (Å²) in [4.78, 5) is 25.5. The second-order valence-electron chi connectivity index (χ2n) is 5.93. The largest absolute Gasteiger partial charge is 0.484 e. The van der Waals surface area contributed by atoms with E-state index in [4.69, 9.17) is 4.74 Å². The summed E-state index contributed by atoms with van der Waals surface area (Å²) in [6, 6.07) is 14.6. The predicted molar refractivity (Wildman–Crippen MR) is 97.1 cm³/mol. The molecule has 6 heteroatoms. The number of nitrogens with one attached hydrogen (secondary N) is 2. The Bertz CT molecular complexity index is 742. The molecule has 1 aliphatic rings. The fourth-order valence-electron chi connectivity index (χ4n) is 2.58. The summed E-state index contributed by atoms with van der Waals surface area (Å²) < 4.78 is 5.45. The molecule has 1 aliphatic heterocycles. The number of rotatable bonds is 5. The summed E-state index contributed by atoms with van der Waals surface area (Å²) >= 11 is 0. The maximum absolute atomic E-state index is 12.0. The lowest BCUT2D eigenvalue weighted by Gasteiger charge is -2.27. The third-order valence-electron chi connectivity index (χ3n) is 3.93. The average molecular weight is 339 g/mol. The van der Waals surface area contributed by atoms with Gasteiger partial charge in [-0.05, 0) is 49.7 Å². The van der Waals surface area contributed by atoms with Crippen molar-refractivity contribution in [2.45, 2.75) is 13.3 Å². The third kappa shape index (κ3) is 4.50. The van der Waals surface area contributed by atoms with Gasteiger partial charge in [-0.2, -0.15) is 0 Å². The standard InChI is InChI=1S/C19H21N3O3/c1-14-3-9-17(10-4-14)25-13-18(23)21-15-5-7-16(8-6-15)22-12-2-11-20-19(22)24/h3-10H,2,11-13H2,1H3,(H,20,24)(H,21,23). The molecule has 0 aliphatic carbocycles. The quantitative estimate of drug-likeness (QED) is 0.880. The van der Waals surface area contributed by atoms with Crippen molar-refractivity contribution >= 4 is 23.3 Å². The Morgan fingerprint density at radius 3 is 2.56 bits per heavy atom. The van der Waals surface area contributed by atoms with Crippen molar-refractivity contribution in [2.75, 3.05) is 29.9 Å². The van der Waals surface area contributed by atoms with Crippen LogP contribution in [0.5, 0.6) is 5.75 Å². The molecule has 2 aromatic carbocycles. The molecule has 0 aromatic heterocycles. The van der Waals surface area contributed by atoms with Crippen LogP contribution in [-0.4, -0.2) is 31.6 Å². The number of ether oxygens (including phenoxy) is 1. The molecule has 3 rings (SSSR count). The lowest BCUT2D eigenvalue weighted by atomic mass is 10.2. The molecule has 0 radical (unpaired) electrons. The maximum atomic E-state index is 12.0. The Labute approximate surface area is 146 Å². The lowest BCUT2D eigenvalue weighted by molar-refractivity contribution is -0.118. The third-order valence-corrected chi connectivity index (χ3v) is 3.93. The van der Waals surface area contributed by atoms with E-state index in [2.05, 4.69) is 10.6 Å². The van der Waals surface area contributed by atoms with E-state index < -0.39 is 0 Å². The fraction of sp³-hybridized carbons (Fsp3) is 0.263. The normalized spacial score (nSPS) is 14.0. The van der Waals surface area contributed by atoms with Crippen LogP contribution in [0.4, 0.5) is 16.2 Å². The zero-order valence-corrected chi connectivity index (χ0v) is 14.1. The first-order chi connectivity index (χ1) is 12.1. The molecule has 2 N–H and O–H groups in total. The number of hydrogen-bond acceptors (Lipinski definition) is 3. The van der Waals surface area contributed by atoms with Gasteiger partial charge in [0.15, 0.2) is 6.61 Å². The van der Waals surface area contributed by atoms with E-state index in [1.807, 2.05) is 43.3 Å². The van der Waals surface area contributed by atoms with Crippen LogP contribution in [0.2, 0.25) is 0 Å². The number of nitrogens with zero attached hydrogens (tertiary/aromatic N) is 1. The highest BCUT2D eigenvalue weighted by Crippen LogP contribution is 2.20. The molecule has 0 atom stereocenters. The monoisotopic (exact) mass is 339 g/mol. The van der Waals surface area contributed by atoms with Crippen LogP contribution >= 0.6 is 0 Å². The van der Waals surface area contributed by atoms with Gasteiger partial charge in [-0.3, -0.25) is 9.69 Å². The van der Waals surface area contributed by atoms with Gasteiger partial charge in [0.25, 0.3) is 5.91 Å². The van der Waals surface area contributed by atoms with Crippen molar-refractivity contribution in [2.24, 2.45) is 0 Å². The van der Waals surface area contributed by atoms with Gasteiger partial charge in [0.2, 0.25) is 0 Å². The van der Waals surface area contributed by atoms with E-state index in [1.54, 1.807) is 17.0 Å². The molecule has 0 unspecified atom stereocenters. The number of amides is 3. The Balaban J connectivity index is 1.53. The van der Waals surface area contributed by atoms with E-state index in [-0.39, 0.29) is 18.5 Å². The van der Waals surface area contributed by atoms with Crippen LogP contribution in [0.25, 0.3) is 0 Å². The number of carbonyl (C=O) groups is 2. The first kappa shape index (κ1) is 16.8. The minimum atomic E-state index is -0.232. The summed E-state index contributed by atoms with van der Waals surface area (Å²) in [5.74, 6) is 0.427. The van der Waals surface area contributed by atoms with Crippen LogP contribution in [0, 0.1) is 6.92 Å². The number of carbonyl (C=O) groups excluding carboxylic acids is 2. The number of hydrogen-bond donors (Lipinski definition) is 2. The molecule has 0 bridgehead atoms. The van der Waals surface area contributed by atoms with Gasteiger partial charge in [-0.1, -0.05) is 17.7 Å². The number of anilines is 2. The minimum absolute atomic E-state index is 0.0562. The van der Waals surface area contributed by atoms with Crippen molar-refractivity contribution in [3.05, 3.63) is 54.1 Å². The van der Waals surface area contributed by atoms with Gasteiger partial charge in [0.1, 0.15) is 5.75 Å². The van der Waals surface area contributed by atoms with E-state index in [9.17, 15) is 9.59 Å². The Morgan fingerprint density at radius 1 is 1.16 bits per heavy atom. The summed E-state index contributed by atoms with van der Waals surface area (Å²) in [6.45, 7) is 3.35. The molecule has 1 fully saturated rings. The molecule has 25 heavy (non-hydrogen) atoms. The van der Waals surface area contributed by atoms with Crippen molar-refractivity contribution in [3.8, 4) is 5.75 Å². The number of urea groups is 1. The van der Waals surface area contributed by atoms with Gasteiger partial charge in [-0.15, -0.1) is 0 Å². The van der Waals surface area contributed by atoms with E-state index in [1.165, 1.54) is 0 Å². The van der Waals surface area contributed by atoms with Gasteiger partial charge in [0, 0.05) is 24.5 Å².